The maximum Gasteiger partial charge on any atom is 0.282 e. The highest BCUT2D eigenvalue weighted by atomic mass is 19.3. The fourth-order valence-corrected chi connectivity index (χ4v) is 5.59. The van der Waals surface area contributed by atoms with Gasteiger partial charge in [-0.25, -0.2) is 17.9 Å². The van der Waals surface area contributed by atoms with Gasteiger partial charge in [0.1, 0.15) is 24.6 Å². The summed E-state index contributed by atoms with van der Waals surface area (Å²) in [5.41, 5.74) is 1.26. The first-order chi connectivity index (χ1) is 19.4. The number of carbonyl (C=O) groups is 2. The van der Waals surface area contributed by atoms with Crippen molar-refractivity contribution in [1.29, 1.82) is 0 Å². The molecule has 2 amide bonds. The van der Waals surface area contributed by atoms with Crippen LogP contribution in [0.15, 0.2) is 60.2 Å². The third-order valence-electron chi connectivity index (χ3n) is 7.81. The molecule has 0 bridgehead atoms. The lowest BCUT2D eigenvalue weighted by atomic mass is 9.92. The van der Waals surface area contributed by atoms with Crippen LogP contribution < -0.4 is 10.2 Å². The van der Waals surface area contributed by atoms with Gasteiger partial charge in [0.15, 0.2) is 5.95 Å². The summed E-state index contributed by atoms with van der Waals surface area (Å²) >= 11 is 0. The van der Waals surface area contributed by atoms with E-state index in [9.17, 15) is 22.8 Å². The Morgan fingerprint density at radius 2 is 1.88 bits per heavy atom. The number of carbonyl (C=O) groups excluding carboxylic acids is 2. The van der Waals surface area contributed by atoms with Gasteiger partial charge in [0.25, 0.3) is 5.92 Å². The minimum Gasteiger partial charge on any atom is -0.345 e. The van der Waals surface area contributed by atoms with Crippen molar-refractivity contribution in [2.45, 2.75) is 57.0 Å². The largest absolute Gasteiger partial charge is 0.345 e. The van der Waals surface area contributed by atoms with Crippen molar-refractivity contribution < 1.29 is 27.2 Å². The average Bonchev–Trinajstić information content (AvgIpc) is 3.54. The fourth-order valence-electron chi connectivity index (χ4n) is 5.59. The van der Waals surface area contributed by atoms with Gasteiger partial charge in [-0.15, -0.1) is 5.10 Å². The summed E-state index contributed by atoms with van der Waals surface area (Å²) in [4.78, 5) is 30.9. The van der Waals surface area contributed by atoms with Crippen molar-refractivity contribution >= 4 is 17.6 Å². The quantitative estimate of drug-likeness (QED) is 0.384. The number of rotatable bonds is 8. The predicted molar refractivity (Wildman–Crippen MR) is 143 cm³/mol. The molecular formula is C28H33F4N7O2. The lowest BCUT2D eigenvalue weighted by molar-refractivity contribution is -0.139. The second kappa shape index (κ2) is 11.2. The van der Waals surface area contributed by atoms with Crippen molar-refractivity contribution in [2.75, 3.05) is 31.6 Å². The number of hydrogen-bond acceptors (Lipinski definition) is 6. The number of amides is 2. The lowest BCUT2D eigenvalue weighted by Crippen LogP contribution is -2.57. The zero-order valence-corrected chi connectivity index (χ0v) is 23.1. The summed E-state index contributed by atoms with van der Waals surface area (Å²) in [7, 11) is 1.61. The normalized spacial score (nSPS) is 24.6. The molecule has 1 unspecified atom stereocenters. The Balaban J connectivity index is 1.34. The van der Waals surface area contributed by atoms with Crippen molar-refractivity contribution in [2.24, 2.45) is 5.92 Å². The molecule has 0 saturated carbocycles. The molecule has 0 aliphatic carbocycles. The number of hydrogen-bond donors (Lipinski definition) is 1. The molecular weight excluding hydrogens is 542 g/mol. The van der Waals surface area contributed by atoms with Crippen LogP contribution in [0, 0.1) is 5.92 Å². The number of anilines is 1. The zero-order chi connectivity index (χ0) is 29.5. The summed E-state index contributed by atoms with van der Waals surface area (Å²) in [6, 6.07) is 6.66. The Hall–Kier alpha value is -3.90. The number of alkyl halides is 3. The molecule has 4 heterocycles. The van der Waals surface area contributed by atoms with Crippen LogP contribution in [0.5, 0.6) is 0 Å². The topological polar surface area (TPSA) is 86.6 Å². The van der Waals surface area contributed by atoms with Crippen LogP contribution in [0.2, 0.25) is 0 Å². The highest BCUT2D eigenvalue weighted by molar-refractivity contribution is 5.88. The van der Waals surface area contributed by atoms with Gasteiger partial charge in [-0.1, -0.05) is 61.5 Å². The molecule has 1 aromatic carbocycles. The molecule has 2 fully saturated rings. The first-order valence-electron chi connectivity index (χ1n) is 13.6. The monoisotopic (exact) mass is 575 g/mol. The first kappa shape index (κ1) is 28.6. The Bertz CT molecular complexity index is 1340. The standard InChI is InChI=1S/C28H33F4N7O2/c1-17(2)20-9-10-21(36(3)26(20)30)25(18-7-5-4-6-8-18)34-27(41)22-11-19(29)13-38(22)24(40)14-39-23(12-33-35-39)37-15-28(31,32)16-37/h4-10,12,17,19,21-22,25H,11,13-16H2,1-3H3,(H,34,41)/t19-,21?,22+,25+/m1/s1. The zero-order valence-electron chi connectivity index (χ0n) is 23.1. The van der Waals surface area contributed by atoms with Crippen LogP contribution in [0.1, 0.15) is 31.9 Å². The van der Waals surface area contributed by atoms with E-state index in [2.05, 4.69) is 15.6 Å². The number of likely N-dealkylation sites (N-methyl/N-ethyl adjacent to an activating group) is 1. The van der Waals surface area contributed by atoms with Gasteiger partial charge in [-0.05, 0) is 11.5 Å². The Labute approximate surface area is 235 Å². The SMILES string of the molecule is CC(C)C1=C(F)N(C)C([C@@H](NC(=O)[C@@H]2C[C@@H](F)CN2C(=O)Cn2nncc2N2CC(F)(F)C2)c2ccccc2)C=C1. The van der Waals surface area contributed by atoms with E-state index in [0.717, 1.165) is 10.5 Å². The molecule has 1 aromatic heterocycles. The van der Waals surface area contributed by atoms with E-state index in [1.165, 1.54) is 20.7 Å². The molecule has 3 aliphatic rings. The molecule has 0 spiro atoms. The van der Waals surface area contributed by atoms with E-state index in [-0.39, 0.29) is 24.7 Å². The van der Waals surface area contributed by atoms with Gasteiger partial charge < -0.3 is 20.0 Å². The maximum atomic E-state index is 15.3. The van der Waals surface area contributed by atoms with Gasteiger partial charge in [0.2, 0.25) is 11.8 Å². The lowest BCUT2D eigenvalue weighted by Gasteiger charge is -2.39. The molecule has 0 radical (unpaired) electrons. The number of allylic oxidation sites excluding steroid dienone is 2. The van der Waals surface area contributed by atoms with E-state index in [0.29, 0.717) is 5.57 Å². The van der Waals surface area contributed by atoms with Crippen molar-refractivity contribution in [3.8, 4) is 0 Å². The average molecular weight is 576 g/mol. The van der Waals surface area contributed by atoms with Gasteiger partial charge >= 0.3 is 0 Å². The summed E-state index contributed by atoms with van der Waals surface area (Å²) in [5, 5.41) is 10.5. The predicted octanol–water partition coefficient (Wildman–Crippen LogP) is 3.24. The molecule has 2 aromatic rings. The Morgan fingerprint density at radius 3 is 2.54 bits per heavy atom. The molecule has 3 aliphatic heterocycles. The summed E-state index contributed by atoms with van der Waals surface area (Å²) in [5.74, 6) is -4.19. The van der Waals surface area contributed by atoms with Gasteiger partial charge in [-0.3, -0.25) is 9.59 Å². The van der Waals surface area contributed by atoms with Gasteiger partial charge in [-0.2, -0.15) is 4.39 Å². The van der Waals surface area contributed by atoms with E-state index < -0.39 is 67.6 Å². The number of nitrogens with one attached hydrogen (secondary N) is 1. The number of halogens is 4. The van der Waals surface area contributed by atoms with Crippen LogP contribution >= 0.6 is 0 Å². The molecule has 4 atom stereocenters. The third kappa shape index (κ3) is 5.80. The second-order valence-corrected chi connectivity index (χ2v) is 11.1. The first-order valence-corrected chi connectivity index (χ1v) is 13.6. The Morgan fingerprint density at radius 1 is 1.17 bits per heavy atom. The van der Waals surface area contributed by atoms with Crippen LogP contribution in [-0.4, -0.2) is 87.5 Å². The summed E-state index contributed by atoms with van der Waals surface area (Å²) in [6.45, 7) is 2.06. The maximum absolute atomic E-state index is 15.3. The van der Waals surface area contributed by atoms with Crippen molar-refractivity contribution in [1.82, 2.24) is 30.1 Å². The van der Waals surface area contributed by atoms with Crippen LogP contribution in [0.3, 0.4) is 0 Å². The molecule has 5 rings (SSSR count). The van der Waals surface area contributed by atoms with Gasteiger partial charge in [0.05, 0.1) is 37.9 Å². The number of benzene rings is 1. The van der Waals surface area contributed by atoms with Crippen LogP contribution in [0.25, 0.3) is 0 Å². The van der Waals surface area contributed by atoms with Crippen LogP contribution in [-0.2, 0) is 16.1 Å². The third-order valence-corrected chi connectivity index (χ3v) is 7.81. The smallest absolute Gasteiger partial charge is 0.282 e. The second-order valence-electron chi connectivity index (χ2n) is 11.1. The van der Waals surface area contributed by atoms with E-state index in [1.807, 2.05) is 38.1 Å². The summed E-state index contributed by atoms with van der Waals surface area (Å²) in [6.07, 6.45) is 3.20. The number of aromatic nitrogens is 3. The van der Waals surface area contributed by atoms with Crippen molar-refractivity contribution in [3.63, 3.8) is 0 Å². The number of likely N-dealkylation sites (tertiary alicyclic amines) is 1. The highest BCUT2D eigenvalue weighted by Crippen LogP contribution is 2.34. The molecule has 1 N–H and O–H groups in total. The molecule has 220 valence electrons. The Kier molecular flexibility index (Phi) is 7.80. The fraction of sp³-hybridized carbons (Fsp3) is 0.500. The van der Waals surface area contributed by atoms with E-state index in [4.69, 9.17) is 0 Å². The van der Waals surface area contributed by atoms with E-state index in [1.54, 1.807) is 25.3 Å². The molecule has 41 heavy (non-hydrogen) atoms. The number of nitrogens with zero attached hydrogens (tertiary/aromatic N) is 6. The van der Waals surface area contributed by atoms with Crippen LogP contribution in [0.4, 0.5) is 23.4 Å². The molecule has 9 nitrogen and oxygen atoms in total. The molecule has 13 heteroatoms. The minimum atomic E-state index is -2.83. The van der Waals surface area contributed by atoms with E-state index >= 15 is 4.39 Å². The molecule has 2 saturated heterocycles. The van der Waals surface area contributed by atoms with Gasteiger partial charge in [0, 0.05) is 19.0 Å². The van der Waals surface area contributed by atoms with Crippen molar-refractivity contribution in [3.05, 3.63) is 65.8 Å². The minimum absolute atomic E-state index is 0.0398. The summed E-state index contributed by atoms with van der Waals surface area (Å²) < 4.78 is 57.9. The highest BCUT2D eigenvalue weighted by Gasteiger charge is 2.46.